The molecule has 1 heterocycles. The fourth-order valence-electron chi connectivity index (χ4n) is 1.58. The molecule has 1 aromatic heterocycles. The Hall–Kier alpha value is -2.24. The van der Waals surface area contributed by atoms with E-state index in [2.05, 4.69) is 5.10 Å². The molecule has 6 heteroatoms. The lowest BCUT2D eigenvalue weighted by Gasteiger charge is -2.08. The molecule has 0 aliphatic heterocycles. The number of hydrogen-bond acceptors (Lipinski definition) is 4. The summed E-state index contributed by atoms with van der Waals surface area (Å²) in [5.41, 5.74) is 6.52. The quantitative estimate of drug-likeness (QED) is 0.830. The van der Waals surface area contributed by atoms with Crippen molar-refractivity contribution in [3.8, 4) is 22.6 Å². The van der Waals surface area contributed by atoms with Crippen molar-refractivity contribution < 1.29 is 14.2 Å². The van der Waals surface area contributed by atoms with Crippen LogP contribution < -0.4 is 10.5 Å². The highest BCUT2D eigenvalue weighted by atomic mass is 19.1. The van der Waals surface area contributed by atoms with E-state index in [4.69, 9.17) is 10.5 Å². The number of aryl methyl sites for hydroxylation is 1. The van der Waals surface area contributed by atoms with Crippen molar-refractivity contribution >= 4 is 5.82 Å². The van der Waals surface area contributed by atoms with Gasteiger partial charge in [0.05, 0.1) is 13.3 Å². The summed E-state index contributed by atoms with van der Waals surface area (Å²) >= 11 is 0. The van der Waals surface area contributed by atoms with E-state index in [1.54, 1.807) is 7.05 Å². The van der Waals surface area contributed by atoms with Gasteiger partial charge in [-0.15, -0.1) is 0 Å². The van der Waals surface area contributed by atoms with Gasteiger partial charge in [0, 0.05) is 18.2 Å². The van der Waals surface area contributed by atoms with Gasteiger partial charge in [-0.1, -0.05) is 0 Å². The van der Waals surface area contributed by atoms with Crippen LogP contribution in [0, 0.1) is 5.82 Å². The molecule has 0 atom stereocenters. The smallest absolute Gasteiger partial charge is 0.207 e. The first-order valence-corrected chi connectivity index (χ1v) is 4.89. The van der Waals surface area contributed by atoms with Crippen LogP contribution in [-0.2, 0) is 7.05 Å². The van der Waals surface area contributed by atoms with Crippen molar-refractivity contribution in [1.29, 1.82) is 0 Å². The van der Waals surface area contributed by atoms with Crippen molar-refractivity contribution in [3.05, 3.63) is 24.1 Å². The average Bonchev–Trinajstić information content (AvgIpc) is 2.64. The maximum atomic E-state index is 13.6. The van der Waals surface area contributed by atoms with Crippen LogP contribution in [0.3, 0.4) is 0 Å². The molecule has 0 spiro atoms. The number of anilines is 1. The van der Waals surface area contributed by atoms with E-state index in [1.165, 1.54) is 30.1 Å². The number of ether oxygens (including phenoxy) is 1. The van der Waals surface area contributed by atoms with Crippen LogP contribution >= 0.6 is 0 Å². The molecule has 17 heavy (non-hydrogen) atoms. The van der Waals surface area contributed by atoms with E-state index < -0.39 is 11.6 Å². The summed E-state index contributed by atoms with van der Waals surface area (Å²) in [5, 5.41) is 13.7. The predicted octanol–water partition coefficient (Wildman–Crippen LogP) is 1.52. The van der Waals surface area contributed by atoms with E-state index >= 15 is 0 Å². The molecular formula is C11H12FN3O2. The van der Waals surface area contributed by atoms with Crippen LogP contribution in [0.4, 0.5) is 10.2 Å². The van der Waals surface area contributed by atoms with Gasteiger partial charge in [-0.2, -0.15) is 9.49 Å². The van der Waals surface area contributed by atoms with Crippen molar-refractivity contribution in [2.24, 2.45) is 7.05 Å². The molecule has 2 rings (SSSR count). The highest BCUT2D eigenvalue weighted by Crippen LogP contribution is 2.38. The zero-order valence-corrected chi connectivity index (χ0v) is 9.44. The molecule has 0 bridgehead atoms. The summed E-state index contributed by atoms with van der Waals surface area (Å²) in [7, 11) is 2.99. The average molecular weight is 237 g/mol. The second-order valence-corrected chi connectivity index (χ2v) is 3.55. The van der Waals surface area contributed by atoms with Gasteiger partial charge < -0.3 is 15.6 Å². The molecule has 0 unspecified atom stereocenters. The van der Waals surface area contributed by atoms with Gasteiger partial charge in [0.2, 0.25) is 5.82 Å². The van der Waals surface area contributed by atoms with Crippen LogP contribution in [0.5, 0.6) is 11.5 Å². The molecule has 0 amide bonds. The van der Waals surface area contributed by atoms with Gasteiger partial charge in [-0.25, -0.2) is 0 Å². The number of hydrogen-bond donors (Lipinski definition) is 2. The third-order valence-corrected chi connectivity index (χ3v) is 2.58. The lowest BCUT2D eigenvalue weighted by atomic mass is 10.1. The molecule has 3 N–H and O–H groups in total. The number of nitrogens with zero attached hydrogens (tertiary/aromatic N) is 2. The number of aromatic hydroxyl groups is 1. The molecule has 90 valence electrons. The topological polar surface area (TPSA) is 73.3 Å². The number of methoxy groups -OCH3 is 1. The molecule has 0 fully saturated rings. The number of halogens is 1. The molecule has 0 saturated heterocycles. The molecule has 0 radical (unpaired) electrons. The normalized spacial score (nSPS) is 10.5. The first-order chi connectivity index (χ1) is 8.06. The van der Waals surface area contributed by atoms with Gasteiger partial charge in [0.25, 0.3) is 0 Å². The highest BCUT2D eigenvalue weighted by Gasteiger charge is 2.17. The summed E-state index contributed by atoms with van der Waals surface area (Å²) in [4.78, 5) is 0. The maximum absolute atomic E-state index is 13.6. The number of benzene rings is 1. The van der Waals surface area contributed by atoms with Gasteiger partial charge in [-0.3, -0.25) is 4.68 Å². The fourth-order valence-corrected chi connectivity index (χ4v) is 1.58. The molecule has 0 aliphatic rings. The van der Waals surface area contributed by atoms with Gasteiger partial charge >= 0.3 is 0 Å². The maximum Gasteiger partial charge on any atom is 0.207 e. The fraction of sp³-hybridized carbons (Fsp3) is 0.182. The highest BCUT2D eigenvalue weighted by molar-refractivity contribution is 5.78. The van der Waals surface area contributed by atoms with E-state index in [1.807, 2.05) is 0 Å². The lowest BCUT2D eigenvalue weighted by molar-refractivity contribution is 0.365. The lowest BCUT2D eigenvalue weighted by Crippen LogP contribution is -1.98. The standard InChI is InChI=1S/C11H12FN3O2/c1-15-11(13)7(5-14-15)6-3-4-8(17-2)9(12)10(6)16/h3-5,16H,13H2,1-2H3. The van der Waals surface area contributed by atoms with Crippen molar-refractivity contribution in [1.82, 2.24) is 9.78 Å². The molecular weight excluding hydrogens is 225 g/mol. The van der Waals surface area contributed by atoms with E-state index in [0.29, 0.717) is 11.4 Å². The first-order valence-electron chi connectivity index (χ1n) is 4.89. The number of nitrogens with two attached hydrogens (primary N) is 1. The van der Waals surface area contributed by atoms with E-state index in [-0.39, 0.29) is 11.3 Å². The number of rotatable bonds is 2. The summed E-state index contributed by atoms with van der Waals surface area (Å²) in [6.07, 6.45) is 1.47. The minimum atomic E-state index is -0.812. The van der Waals surface area contributed by atoms with Crippen molar-refractivity contribution in [2.75, 3.05) is 12.8 Å². The molecule has 0 saturated carbocycles. The summed E-state index contributed by atoms with van der Waals surface area (Å²) in [6, 6.07) is 2.96. The third-order valence-electron chi connectivity index (χ3n) is 2.58. The number of nitrogen functional groups attached to an aromatic ring is 1. The Morgan fingerprint density at radius 2 is 2.12 bits per heavy atom. The van der Waals surface area contributed by atoms with E-state index in [9.17, 15) is 9.50 Å². The Kier molecular flexibility index (Phi) is 2.63. The minimum Gasteiger partial charge on any atom is -0.504 e. The second kappa shape index (κ2) is 3.97. The Morgan fingerprint density at radius 3 is 2.65 bits per heavy atom. The number of aromatic nitrogens is 2. The Bertz CT molecular complexity index is 566. The molecule has 5 nitrogen and oxygen atoms in total. The Morgan fingerprint density at radius 1 is 1.41 bits per heavy atom. The van der Waals surface area contributed by atoms with Crippen LogP contribution in [0.15, 0.2) is 18.3 Å². The first kappa shape index (κ1) is 11.3. The summed E-state index contributed by atoms with van der Waals surface area (Å²) < 4.78 is 19.9. The van der Waals surface area contributed by atoms with Crippen LogP contribution in [0.25, 0.3) is 11.1 Å². The Labute approximate surface area is 97.2 Å². The minimum absolute atomic E-state index is 0.0197. The molecule has 1 aromatic carbocycles. The zero-order valence-electron chi connectivity index (χ0n) is 9.44. The molecule has 2 aromatic rings. The largest absolute Gasteiger partial charge is 0.504 e. The van der Waals surface area contributed by atoms with E-state index in [0.717, 1.165) is 0 Å². The SMILES string of the molecule is COc1ccc(-c2cnn(C)c2N)c(O)c1F. The van der Waals surface area contributed by atoms with Gasteiger partial charge in [-0.05, 0) is 12.1 Å². The van der Waals surface area contributed by atoms with Crippen molar-refractivity contribution in [2.45, 2.75) is 0 Å². The predicted molar refractivity (Wildman–Crippen MR) is 61.2 cm³/mol. The van der Waals surface area contributed by atoms with Gasteiger partial charge in [0.15, 0.2) is 11.5 Å². The van der Waals surface area contributed by atoms with Crippen LogP contribution in [0.2, 0.25) is 0 Å². The zero-order chi connectivity index (χ0) is 12.6. The summed E-state index contributed by atoms with van der Waals surface area (Å²) in [6.45, 7) is 0. The third kappa shape index (κ3) is 1.67. The molecule has 0 aliphatic carbocycles. The van der Waals surface area contributed by atoms with Gasteiger partial charge in [0.1, 0.15) is 5.82 Å². The summed E-state index contributed by atoms with van der Waals surface area (Å²) in [5.74, 6) is -0.976. The number of phenols is 1. The number of phenolic OH excluding ortho intramolecular Hbond substituents is 1. The monoisotopic (exact) mass is 237 g/mol. The Balaban J connectivity index is 2.61. The van der Waals surface area contributed by atoms with Crippen LogP contribution in [-0.4, -0.2) is 22.0 Å². The second-order valence-electron chi connectivity index (χ2n) is 3.55. The van der Waals surface area contributed by atoms with Crippen LogP contribution in [0.1, 0.15) is 0 Å². The van der Waals surface area contributed by atoms with Crippen molar-refractivity contribution in [3.63, 3.8) is 0 Å².